The second-order valence-corrected chi connectivity index (χ2v) is 5.05. The highest BCUT2D eigenvalue weighted by Gasteiger charge is 2.04. The maximum atomic E-state index is 11.7. The minimum atomic E-state index is -0.238. The normalized spacial score (nSPS) is 9.91. The molecule has 0 atom stereocenters. The molecule has 1 aromatic carbocycles. The zero-order valence-electron chi connectivity index (χ0n) is 13.4. The average molecular weight is 306 g/mol. The molecule has 4 amide bonds. The molecule has 0 spiro atoms. The molecule has 0 aromatic heterocycles. The lowest BCUT2D eigenvalue weighted by atomic mass is 10.3. The van der Waals surface area contributed by atoms with Crippen LogP contribution in [0.2, 0.25) is 0 Å². The average Bonchev–Trinajstić information content (AvgIpc) is 2.48. The summed E-state index contributed by atoms with van der Waals surface area (Å²) < 4.78 is 0. The summed E-state index contributed by atoms with van der Waals surface area (Å²) in [4.78, 5) is 23.3. The van der Waals surface area contributed by atoms with E-state index in [0.717, 1.165) is 25.7 Å². The highest BCUT2D eigenvalue weighted by Crippen LogP contribution is 2.14. The third-order valence-corrected chi connectivity index (χ3v) is 3.01. The van der Waals surface area contributed by atoms with Gasteiger partial charge in [-0.25, -0.2) is 9.59 Å². The third kappa shape index (κ3) is 7.52. The maximum Gasteiger partial charge on any atom is 0.319 e. The molecule has 1 rings (SSSR count). The van der Waals surface area contributed by atoms with Gasteiger partial charge in [0.25, 0.3) is 0 Å². The van der Waals surface area contributed by atoms with Crippen LogP contribution in [0.4, 0.5) is 21.0 Å². The SMILES string of the molecule is CCCCNC(=O)Nc1cccc(NC(=O)NCCCC)c1. The van der Waals surface area contributed by atoms with Crippen LogP contribution in [-0.4, -0.2) is 25.2 Å². The lowest BCUT2D eigenvalue weighted by molar-refractivity contribution is 0.251. The van der Waals surface area contributed by atoms with Crippen molar-refractivity contribution in [2.75, 3.05) is 23.7 Å². The van der Waals surface area contributed by atoms with Crippen molar-refractivity contribution in [2.45, 2.75) is 39.5 Å². The van der Waals surface area contributed by atoms with Gasteiger partial charge >= 0.3 is 12.1 Å². The van der Waals surface area contributed by atoms with Crippen molar-refractivity contribution < 1.29 is 9.59 Å². The predicted octanol–water partition coefficient (Wildman–Crippen LogP) is 3.53. The molecule has 6 nitrogen and oxygen atoms in total. The molecule has 1 aromatic rings. The molecule has 0 saturated carbocycles. The van der Waals surface area contributed by atoms with Gasteiger partial charge in [-0.1, -0.05) is 32.8 Å². The second kappa shape index (κ2) is 10.5. The summed E-state index contributed by atoms with van der Waals surface area (Å²) in [5.41, 5.74) is 1.28. The zero-order valence-corrected chi connectivity index (χ0v) is 13.4. The summed E-state index contributed by atoms with van der Waals surface area (Å²) in [5, 5.41) is 11.0. The van der Waals surface area contributed by atoms with E-state index >= 15 is 0 Å². The highest BCUT2D eigenvalue weighted by atomic mass is 16.2. The number of nitrogens with one attached hydrogen (secondary N) is 4. The summed E-state index contributed by atoms with van der Waals surface area (Å²) in [6.45, 7) is 5.45. The number of urea groups is 2. The predicted molar refractivity (Wildman–Crippen MR) is 90.3 cm³/mol. The first-order valence-electron chi connectivity index (χ1n) is 7.85. The van der Waals surface area contributed by atoms with Gasteiger partial charge in [-0.15, -0.1) is 0 Å². The number of unbranched alkanes of at least 4 members (excludes halogenated alkanes) is 2. The number of rotatable bonds is 8. The molecule has 0 heterocycles. The Labute approximate surface area is 132 Å². The van der Waals surface area contributed by atoms with Crippen LogP contribution in [0.5, 0.6) is 0 Å². The highest BCUT2D eigenvalue weighted by molar-refractivity contribution is 5.92. The van der Waals surface area contributed by atoms with Crippen molar-refractivity contribution in [1.82, 2.24) is 10.6 Å². The van der Waals surface area contributed by atoms with Crippen LogP contribution in [0.3, 0.4) is 0 Å². The molecule has 22 heavy (non-hydrogen) atoms. The maximum absolute atomic E-state index is 11.7. The Morgan fingerprint density at radius 1 is 0.864 bits per heavy atom. The van der Waals surface area contributed by atoms with E-state index in [0.29, 0.717) is 24.5 Å². The molecule has 0 bridgehead atoms. The number of hydrogen-bond acceptors (Lipinski definition) is 2. The largest absolute Gasteiger partial charge is 0.338 e. The van der Waals surface area contributed by atoms with Crippen LogP contribution in [0, 0.1) is 0 Å². The number of carbonyl (C=O) groups is 2. The molecule has 0 unspecified atom stereocenters. The first kappa shape index (κ1) is 17.8. The lowest BCUT2D eigenvalue weighted by Crippen LogP contribution is -2.30. The van der Waals surface area contributed by atoms with Gasteiger partial charge in [0.15, 0.2) is 0 Å². The van der Waals surface area contributed by atoms with Gasteiger partial charge in [-0.3, -0.25) is 0 Å². The fraction of sp³-hybridized carbons (Fsp3) is 0.500. The van der Waals surface area contributed by atoms with Crippen LogP contribution in [0.25, 0.3) is 0 Å². The van der Waals surface area contributed by atoms with Gasteiger partial charge in [-0.05, 0) is 31.0 Å². The number of hydrogen-bond donors (Lipinski definition) is 4. The Hall–Kier alpha value is -2.24. The molecule has 6 heteroatoms. The van der Waals surface area contributed by atoms with E-state index in [2.05, 4.69) is 35.1 Å². The molecular weight excluding hydrogens is 280 g/mol. The van der Waals surface area contributed by atoms with Crippen molar-refractivity contribution in [1.29, 1.82) is 0 Å². The van der Waals surface area contributed by atoms with Crippen molar-refractivity contribution in [3.63, 3.8) is 0 Å². The topological polar surface area (TPSA) is 82.3 Å². The molecule has 0 radical (unpaired) electrons. The van der Waals surface area contributed by atoms with Gasteiger partial charge < -0.3 is 21.3 Å². The molecule has 122 valence electrons. The number of anilines is 2. The molecule has 0 aliphatic heterocycles. The van der Waals surface area contributed by atoms with Crippen molar-refractivity contribution in [2.24, 2.45) is 0 Å². The number of amides is 4. The lowest BCUT2D eigenvalue weighted by Gasteiger charge is -2.10. The fourth-order valence-electron chi connectivity index (χ4n) is 1.78. The van der Waals surface area contributed by atoms with Gasteiger partial charge in [0.05, 0.1) is 0 Å². The molecule has 0 saturated heterocycles. The second-order valence-electron chi connectivity index (χ2n) is 5.05. The standard InChI is InChI=1S/C16H26N4O2/c1-3-5-10-17-15(21)19-13-8-7-9-14(12-13)20-16(22)18-11-6-4-2/h7-9,12H,3-6,10-11H2,1-2H3,(H2,17,19,21)(H2,18,20,22). The molecule has 0 aliphatic rings. The molecule has 4 N–H and O–H groups in total. The van der Waals surface area contributed by atoms with Crippen LogP contribution < -0.4 is 21.3 Å². The van der Waals surface area contributed by atoms with Crippen LogP contribution in [0.15, 0.2) is 24.3 Å². The summed E-state index contributed by atoms with van der Waals surface area (Å²) in [7, 11) is 0. The minimum Gasteiger partial charge on any atom is -0.338 e. The van der Waals surface area contributed by atoms with E-state index in [9.17, 15) is 9.59 Å². The Balaban J connectivity index is 2.44. The van der Waals surface area contributed by atoms with Gasteiger partial charge in [0.1, 0.15) is 0 Å². The Morgan fingerprint density at radius 2 is 1.32 bits per heavy atom. The van der Waals surface area contributed by atoms with Crippen LogP contribution in [0.1, 0.15) is 39.5 Å². The first-order valence-corrected chi connectivity index (χ1v) is 7.85. The van der Waals surface area contributed by atoms with E-state index in [1.165, 1.54) is 0 Å². The quantitative estimate of drug-likeness (QED) is 0.554. The van der Waals surface area contributed by atoms with E-state index in [1.54, 1.807) is 24.3 Å². The third-order valence-electron chi connectivity index (χ3n) is 3.01. The Morgan fingerprint density at radius 3 is 1.73 bits per heavy atom. The fourth-order valence-corrected chi connectivity index (χ4v) is 1.78. The minimum absolute atomic E-state index is 0.238. The Kier molecular flexibility index (Phi) is 8.49. The molecule has 0 fully saturated rings. The van der Waals surface area contributed by atoms with E-state index < -0.39 is 0 Å². The zero-order chi connectivity index (χ0) is 16.2. The molecular formula is C16H26N4O2. The Bertz CT molecular complexity index is 438. The van der Waals surface area contributed by atoms with Crippen LogP contribution in [-0.2, 0) is 0 Å². The summed E-state index contributed by atoms with van der Waals surface area (Å²) in [5.74, 6) is 0. The summed E-state index contributed by atoms with van der Waals surface area (Å²) in [6, 6.07) is 6.58. The monoisotopic (exact) mass is 306 g/mol. The van der Waals surface area contributed by atoms with Gasteiger partial charge in [0, 0.05) is 24.5 Å². The first-order chi connectivity index (χ1) is 10.7. The smallest absolute Gasteiger partial charge is 0.319 e. The summed E-state index contributed by atoms with van der Waals surface area (Å²) >= 11 is 0. The molecule has 0 aliphatic carbocycles. The van der Waals surface area contributed by atoms with Crippen LogP contribution >= 0.6 is 0 Å². The number of benzene rings is 1. The van der Waals surface area contributed by atoms with E-state index in [-0.39, 0.29) is 12.1 Å². The van der Waals surface area contributed by atoms with Crippen molar-refractivity contribution in [3.8, 4) is 0 Å². The van der Waals surface area contributed by atoms with Gasteiger partial charge in [-0.2, -0.15) is 0 Å². The summed E-state index contributed by atoms with van der Waals surface area (Å²) in [6.07, 6.45) is 3.97. The van der Waals surface area contributed by atoms with Gasteiger partial charge in [0.2, 0.25) is 0 Å². The number of carbonyl (C=O) groups excluding carboxylic acids is 2. The van der Waals surface area contributed by atoms with Crippen molar-refractivity contribution in [3.05, 3.63) is 24.3 Å². The van der Waals surface area contributed by atoms with E-state index in [1.807, 2.05) is 0 Å². The van der Waals surface area contributed by atoms with Crippen molar-refractivity contribution >= 4 is 23.4 Å². The van der Waals surface area contributed by atoms with E-state index in [4.69, 9.17) is 0 Å².